The third kappa shape index (κ3) is 6.22. The molecule has 1 aromatic rings. The van der Waals surface area contributed by atoms with Crippen LogP contribution >= 0.6 is 11.8 Å². The fourth-order valence-corrected chi connectivity index (χ4v) is 3.23. The highest BCUT2D eigenvalue weighted by molar-refractivity contribution is 7.98. The highest BCUT2D eigenvalue weighted by Crippen LogP contribution is 2.17. The summed E-state index contributed by atoms with van der Waals surface area (Å²) in [5, 5.41) is 2.58. The zero-order chi connectivity index (χ0) is 21.6. The first-order valence-electron chi connectivity index (χ1n) is 9.30. The summed E-state index contributed by atoms with van der Waals surface area (Å²) in [5.74, 6) is -1.16. The molecular formula is C20H27N3O5S. The number of carbonyl (C=O) groups excluding carboxylic acids is 4. The molecule has 0 unspecified atom stereocenters. The first-order chi connectivity index (χ1) is 13.6. The molecule has 0 aromatic heterocycles. The van der Waals surface area contributed by atoms with E-state index >= 15 is 0 Å². The molecule has 0 aliphatic carbocycles. The molecule has 8 nitrogen and oxygen atoms in total. The summed E-state index contributed by atoms with van der Waals surface area (Å²) in [6.45, 7) is 3.46. The Morgan fingerprint density at radius 3 is 2.41 bits per heavy atom. The van der Waals surface area contributed by atoms with E-state index in [1.807, 2.05) is 30.5 Å². The number of esters is 1. The number of nitrogens with one attached hydrogen (secondary N) is 1. The van der Waals surface area contributed by atoms with Crippen LogP contribution in [0.15, 0.2) is 29.2 Å². The fourth-order valence-electron chi connectivity index (χ4n) is 2.82. The fraction of sp³-hybridized carbons (Fsp3) is 0.500. The minimum Gasteiger partial charge on any atom is -0.456 e. The molecule has 0 radical (unpaired) electrons. The van der Waals surface area contributed by atoms with Crippen molar-refractivity contribution in [3.8, 4) is 0 Å². The lowest BCUT2D eigenvalue weighted by molar-refractivity contribution is -0.151. The van der Waals surface area contributed by atoms with Crippen LogP contribution in [-0.2, 0) is 25.7 Å². The van der Waals surface area contributed by atoms with Crippen LogP contribution < -0.4 is 5.32 Å². The molecule has 0 atom stereocenters. The van der Waals surface area contributed by atoms with E-state index in [2.05, 4.69) is 5.32 Å². The van der Waals surface area contributed by atoms with Crippen molar-refractivity contribution >= 4 is 35.6 Å². The number of hydrogen-bond acceptors (Lipinski definition) is 6. The minimum absolute atomic E-state index is 0.0185. The Hall–Kier alpha value is -2.55. The number of thioether (sulfide) groups is 1. The molecule has 9 heteroatoms. The topological polar surface area (TPSA) is 96.0 Å². The number of urea groups is 1. The van der Waals surface area contributed by atoms with Gasteiger partial charge in [-0.3, -0.25) is 19.3 Å². The van der Waals surface area contributed by atoms with Crippen molar-refractivity contribution < 1.29 is 23.9 Å². The average Bonchev–Trinajstić information content (AvgIpc) is 2.87. The Kier molecular flexibility index (Phi) is 7.66. The van der Waals surface area contributed by atoms with Gasteiger partial charge in [0, 0.05) is 31.5 Å². The molecule has 0 spiro atoms. The van der Waals surface area contributed by atoms with Gasteiger partial charge in [-0.05, 0) is 44.2 Å². The van der Waals surface area contributed by atoms with E-state index in [9.17, 15) is 19.2 Å². The number of carbonyl (C=O) groups is 4. The Labute approximate surface area is 174 Å². The molecular weight excluding hydrogens is 394 g/mol. The van der Waals surface area contributed by atoms with Crippen LogP contribution in [0.2, 0.25) is 0 Å². The second-order valence-electron chi connectivity index (χ2n) is 7.37. The Bertz CT molecular complexity index is 779. The van der Waals surface area contributed by atoms with Crippen molar-refractivity contribution in [2.75, 3.05) is 26.5 Å². The Balaban J connectivity index is 1.69. The van der Waals surface area contributed by atoms with Crippen LogP contribution in [0.5, 0.6) is 0 Å². The molecule has 158 valence electrons. The molecule has 2 rings (SSSR count). The van der Waals surface area contributed by atoms with Gasteiger partial charge in [0.05, 0.1) is 0 Å². The number of benzene rings is 1. The average molecular weight is 422 g/mol. The highest BCUT2D eigenvalue weighted by Gasteiger charge is 2.43. The minimum atomic E-state index is -0.926. The molecule has 1 aromatic carbocycles. The van der Waals surface area contributed by atoms with Gasteiger partial charge in [-0.25, -0.2) is 4.79 Å². The molecule has 1 heterocycles. The van der Waals surface area contributed by atoms with Crippen LogP contribution in [0.4, 0.5) is 4.79 Å². The van der Waals surface area contributed by atoms with E-state index < -0.39 is 17.5 Å². The SMILES string of the molecule is CSc1ccc(CN(C)C(=O)COC(=O)CCCN2C(=O)NC(C)(C)C2=O)cc1. The molecule has 1 aliphatic heterocycles. The zero-order valence-electron chi connectivity index (χ0n) is 17.2. The van der Waals surface area contributed by atoms with Crippen LogP contribution in [0.25, 0.3) is 0 Å². The van der Waals surface area contributed by atoms with Crippen LogP contribution in [0, 0.1) is 0 Å². The normalized spacial score (nSPS) is 15.2. The smallest absolute Gasteiger partial charge is 0.325 e. The standard InChI is InChI=1S/C20H27N3O5S/c1-20(2)18(26)23(19(27)21-20)11-5-6-17(25)28-13-16(24)22(3)12-14-7-9-15(29-4)10-8-14/h7-10H,5-6,11-13H2,1-4H3,(H,21,27). The van der Waals surface area contributed by atoms with Crippen LogP contribution in [0.3, 0.4) is 0 Å². The molecule has 1 saturated heterocycles. The first-order valence-corrected chi connectivity index (χ1v) is 10.5. The maximum absolute atomic E-state index is 12.2. The van der Waals surface area contributed by atoms with Crippen molar-refractivity contribution in [1.29, 1.82) is 0 Å². The summed E-state index contributed by atoms with van der Waals surface area (Å²) in [6.07, 6.45) is 2.29. The van der Waals surface area contributed by atoms with E-state index in [1.165, 1.54) is 4.90 Å². The third-order valence-electron chi connectivity index (χ3n) is 4.57. The monoisotopic (exact) mass is 421 g/mol. The summed E-state index contributed by atoms with van der Waals surface area (Å²) < 4.78 is 5.02. The molecule has 1 N–H and O–H groups in total. The molecule has 4 amide bonds. The zero-order valence-corrected chi connectivity index (χ0v) is 18.0. The highest BCUT2D eigenvalue weighted by atomic mass is 32.2. The number of ether oxygens (including phenoxy) is 1. The number of amides is 4. The van der Waals surface area contributed by atoms with Gasteiger partial charge in [0.15, 0.2) is 6.61 Å². The maximum Gasteiger partial charge on any atom is 0.325 e. The van der Waals surface area contributed by atoms with Crippen molar-refractivity contribution in [2.24, 2.45) is 0 Å². The van der Waals surface area contributed by atoms with Gasteiger partial charge in [0.25, 0.3) is 11.8 Å². The van der Waals surface area contributed by atoms with Crippen molar-refractivity contribution in [1.82, 2.24) is 15.1 Å². The lowest BCUT2D eigenvalue weighted by Crippen LogP contribution is -2.40. The second kappa shape index (κ2) is 9.78. The van der Waals surface area contributed by atoms with Gasteiger partial charge < -0.3 is 15.0 Å². The summed E-state index contributed by atoms with van der Waals surface area (Å²) in [5.41, 5.74) is 0.0612. The van der Waals surface area contributed by atoms with Crippen molar-refractivity contribution in [2.45, 2.75) is 43.7 Å². The van der Waals surface area contributed by atoms with Gasteiger partial charge in [-0.1, -0.05) is 12.1 Å². The van der Waals surface area contributed by atoms with Gasteiger partial charge in [-0.15, -0.1) is 11.8 Å². The summed E-state index contributed by atoms with van der Waals surface area (Å²) in [6, 6.07) is 7.43. The van der Waals surface area contributed by atoms with Crippen LogP contribution in [-0.4, -0.2) is 65.6 Å². The number of hydrogen-bond donors (Lipinski definition) is 1. The van der Waals surface area contributed by atoms with Crippen molar-refractivity contribution in [3.05, 3.63) is 29.8 Å². The molecule has 0 saturated carbocycles. The Morgan fingerprint density at radius 2 is 1.86 bits per heavy atom. The lowest BCUT2D eigenvalue weighted by atomic mass is 10.1. The van der Waals surface area contributed by atoms with Gasteiger partial charge in [-0.2, -0.15) is 0 Å². The quantitative estimate of drug-likeness (QED) is 0.372. The number of likely N-dealkylation sites (N-methyl/N-ethyl adjacent to an activating group) is 1. The number of nitrogens with zero attached hydrogens (tertiary/aromatic N) is 2. The summed E-state index contributed by atoms with van der Waals surface area (Å²) in [7, 11) is 1.65. The van der Waals surface area contributed by atoms with Gasteiger partial charge in [0.2, 0.25) is 0 Å². The summed E-state index contributed by atoms with van der Waals surface area (Å²) in [4.78, 5) is 51.6. The molecule has 0 bridgehead atoms. The molecule has 29 heavy (non-hydrogen) atoms. The Morgan fingerprint density at radius 1 is 1.21 bits per heavy atom. The largest absolute Gasteiger partial charge is 0.456 e. The van der Waals surface area contributed by atoms with E-state index in [0.29, 0.717) is 6.54 Å². The molecule has 1 aliphatic rings. The van der Waals surface area contributed by atoms with E-state index in [0.717, 1.165) is 15.4 Å². The summed E-state index contributed by atoms with van der Waals surface area (Å²) >= 11 is 1.65. The third-order valence-corrected chi connectivity index (χ3v) is 5.31. The maximum atomic E-state index is 12.2. The first kappa shape index (κ1) is 22.7. The lowest BCUT2D eigenvalue weighted by Gasteiger charge is -2.18. The van der Waals surface area contributed by atoms with Crippen LogP contribution in [0.1, 0.15) is 32.3 Å². The van der Waals surface area contributed by atoms with Gasteiger partial charge >= 0.3 is 12.0 Å². The number of rotatable bonds is 9. The number of imide groups is 1. The predicted octanol–water partition coefficient (Wildman–Crippen LogP) is 2.02. The second-order valence-corrected chi connectivity index (χ2v) is 8.25. The van der Waals surface area contributed by atoms with Crippen molar-refractivity contribution in [3.63, 3.8) is 0 Å². The van der Waals surface area contributed by atoms with E-state index in [-0.39, 0.29) is 37.8 Å². The van der Waals surface area contributed by atoms with E-state index in [1.54, 1.807) is 32.7 Å². The molecule has 1 fully saturated rings. The predicted molar refractivity (Wildman–Crippen MR) is 109 cm³/mol. The van der Waals surface area contributed by atoms with Gasteiger partial charge in [0.1, 0.15) is 5.54 Å². The van der Waals surface area contributed by atoms with E-state index in [4.69, 9.17) is 4.74 Å².